The highest BCUT2D eigenvalue weighted by Crippen LogP contribution is 2.52. The number of nitrogens with one attached hydrogen (secondary N) is 2. The second-order valence-corrected chi connectivity index (χ2v) is 14.8. The fourth-order valence-corrected chi connectivity index (χ4v) is 9.70. The lowest BCUT2D eigenvalue weighted by atomic mass is 9.65. The number of aliphatic hydroxyl groups is 1. The lowest BCUT2D eigenvalue weighted by molar-refractivity contribution is -0.154. The van der Waals surface area contributed by atoms with E-state index < -0.39 is 12.2 Å². The van der Waals surface area contributed by atoms with Crippen molar-refractivity contribution in [2.24, 2.45) is 17.8 Å². The van der Waals surface area contributed by atoms with Crippen LogP contribution in [0.4, 0.5) is 0 Å². The molecule has 8 nitrogen and oxygen atoms in total. The number of phenols is 3. The van der Waals surface area contributed by atoms with Crippen molar-refractivity contribution in [3.8, 4) is 23.0 Å². The molecule has 3 fully saturated rings. The van der Waals surface area contributed by atoms with Crippen LogP contribution >= 0.6 is 0 Å². The van der Waals surface area contributed by atoms with Crippen LogP contribution in [0.15, 0.2) is 66.5 Å². The third kappa shape index (κ3) is 5.71. The Morgan fingerprint density at radius 3 is 2.73 bits per heavy atom. The second kappa shape index (κ2) is 13.0. The molecule has 1 aromatic heterocycles. The number of H-pyrrole nitrogens is 1. The molecule has 2 aromatic carbocycles. The van der Waals surface area contributed by atoms with Gasteiger partial charge in [0.15, 0.2) is 11.5 Å². The molecule has 2 saturated heterocycles. The molecule has 1 saturated carbocycles. The van der Waals surface area contributed by atoms with Crippen LogP contribution < -0.4 is 10.1 Å². The number of allylic oxidation sites excluding steroid dienone is 3. The number of hydrogen-bond acceptors (Lipinski definition) is 7. The van der Waals surface area contributed by atoms with Crippen LogP contribution in [0.5, 0.6) is 23.0 Å². The van der Waals surface area contributed by atoms with Gasteiger partial charge in [-0.2, -0.15) is 0 Å². The Bertz CT molecular complexity index is 1700. The van der Waals surface area contributed by atoms with E-state index in [0.717, 1.165) is 54.5 Å². The summed E-state index contributed by atoms with van der Waals surface area (Å²) in [6.07, 6.45) is 17.8. The third-order valence-corrected chi connectivity index (χ3v) is 12.1. The van der Waals surface area contributed by atoms with E-state index in [4.69, 9.17) is 9.47 Å². The minimum atomic E-state index is -0.547. The number of rotatable bonds is 6. The topological polar surface area (TPSA) is 127 Å². The molecule has 0 amide bonds. The lowest BCUT2D eigenvalue weighted by Gasteiger charge is -2.45. The van der Waals surface area contributed by atoms with Gasteiger partial charge in [-0.1, -0.05) is 35.9 Å². The Morgan fingerprint density at radius 1 is 1.00 bits per heavy atom. The first-order valence-corrected chi connectivity index (χ1v) is 17.9. The van der Waals surface area contributed by atoms with Crippen molar-refractivity contribution >= 4 is 0 Å². The number of aromatic nitrogens is 1. The molecule has 5 aliphatic rings. The van der Waals surface area contributed by atoms with Crippen LogP contribution in [0.25, 0.3) is 0 Å². The van der Waals surface area contributed by atoms with E-state index in [2.05, 4.69) is 40.7 Å². The fraction of sp³-hybridized carbons (Fsp3) is 0.500. The van der Waals surface area contributed by atoms with Crippen LogP contribution in [-0.4, -0.2) is 57.3 Å². The molecule has 2 aliphatic heterocycles. The van der Waals surface area contributed by atoms with Gasteiger partial charge in [-0.3, -0.25) is 0 Å². The third-order valence-electron chi connectivity index (χ3n) is 12.1. The van der Waals surface area contributed by atoms with Crippen molar-refractivity contribution in [2.45, 2.75) is 94.0 Å². The van der Waals surface area contributed by atoms with Gasteiger partial charge in [-0.05, 0) is 104 Å². The number of phenolic OH excluding ortho intramolecular Hbond substituents is 3. The molecule has 254 valence electrons. The number of fused-ring (bicyclic) bond motifs is 3. The van der Waals surface area contributed by atoms with Gasteiger partial charge in [0.1, 0.15) is 5.75 Å². The summed E-state index contributed by atoms with van der Waals surface area (Å²) in [5.41, 5.74) is 6.26. The van der Waals surface area contributed by atoms with Gasteiger partial charge in [0.2, 0.25) is 5.75 Å². The molecular formula is C40H48N2O6. The average molecular weight is 653 g/mol. The number of methoxy groups -OCH3 is 1. The van der Waals surface area contributed by atoms with Gasteiger partial charge in [0.25, 0.3) is 0 Å². The molecule has 0 spiro atoms. The van der Waals surface area contributed by atoms with E-state index in [1.165, 1.54) is 31.9 Å². The molecule has 3 heterocycles. The summed E-state index contributed by atoms with van der Waals surface area (Å²) in [5, 5.41) is 47.8. The van der Waals surface area contributed by atoms with Crippen LogP contribution in [0, 0.1) is 17.8 Å². The van der Waals surface area contributed by atoms with Gasteiger partial charge in [-0.15, -0.1) is 0 Å². The van der Waals surface area contributed by atoms with Gasteiger partial charge < -0.3 is 40.2 Å². The Balaban J connectivity index is 1.06. The number of ether oxygens (including phenoxy) is 2. The van der Waals surface area contributed by atoms with Crippen molar-refractivity contribution < 1.29 is 29.9 Å². The molecule has 0 radical (unpaired) electrons. The largest absolute Gasteiger partial charge is 0.508 e. The predicted octanol–water partition coefficient (Wildman–Crippen LogP) is 6.86. The minimum Gasteiger partial charge on any atom is -0.508 e. The molecule has 8 heteroatoms. The monoisotopic (exact) mass is 652 g/mol. The maximum absolute atomic E-state index is 11.5. The van der Waals surface area contributed by atoms with Gasteiger partial charge in [0.05, 0.1) is 25.4 Å². The highest BCUT2D eigenvalue weighted by atomic mass is 16.5. The summed E-state index contributed by atoms with van der Waals surface area (Å²) in [7, 11) is 1.49. The minimum absolute atomic E-state index is 0.0303. The SMILES string of the molecule is COc1c(O)c(O)cc(C2CC(O)C3CCC(c4ccc(O)c(C5C=CCC6CC7NCCCC7=CC65)c4)CC3O2)c1Cc1cc[nH]c1. The van der Waals surface area contributed by atoms with Crippen LogP contribution in [0.1, 0.15) is 97.1 Å². The zero-order valence-corrected chi connectivity index (χ0v) is 27.6. The van der Waals surface area contributed by atoms with Crippen molar-refractivity contribution in [2.75, 3.05) is 13.7 Å². The Morgan fingerprint density at radius 2 is 1.90 bits per heavy atom. The maximum atomic E-state index is 11.5. The normalized spacial score (nSPS) is 32.9. The van der Waals surface area contributed by atoms with Crippen LogP contribution in [-0.2, 0) is 11.2 Å². The summed E-state index contributed by atoms with van der Waals surface area (Å²) in [6.45, 7) is 1.10. The first-order chi connectivity index (χ1) is 23.4. The molecule has 9 unspecified atom stereocenters. The highest BCUT2D eigenvalue weighted by molar-refractivity contribution is 5.59. The summed E-state index contributed by atoms with van der Waals surface area (Å²) >= 11 is 0. The van der Waals surface area contributed by atoms with Gasteiger partial charge in [0, 0.05) is 54.2 Å². The Labute approximate surface area is 282 Å². The van der Waals surface area contributed by atoms with Gasteiger partial charge in [-0.25, -0.2) is 0 Å². The van der Waals surface area contributed by atoms with Crippen molar-refractivity contribution in [3.05, 3.63) is 94.3 Å². The van der Waals surface area contributed by atoms with Crippen molar-refractivity contribution in [1.29, 1.82) is 0 Å². The highest BCUT2D eigenvalue weighted by Gasteiger charge is 2.44. The van der Waals surface area contributed by atoms with E-state index in [0.29, 0.717) is 36.5 Å². The predicted molar refractivity (Wildman–Crippen MR) is 184 cm³/mol. The number of aromatic amines is 1. The second-order valence-electron chi connectivity index (χ2n) is 14.8. The standard InChI is InChI=1S/C40H48N2O6/c1-47-40-32(14-22-11-13-41-21-22)31(19-36(45)39(40)46)38-20-35(44)28-9-7-24(18-37(28)48-38)23-8-10-34(43)30(15-23)27-6-2-4-25-17-33-26(16-29(25)27)5-3-12-42-33/h2,6,8,10-11,13,15-16,19,21,24-25,27-29,33,35,37-38,41-46H,3-5,7,9,12,14,17-18,20H2,1H3. The molecule has 8 rings (SSSR count). The molecule has 6 N–H and O–H groups in total. The smallest absolute Gasteiger partial charge is 0.200 e. The summed E-state index contributed by atoms with van der Waals surface area (Å²) in [5.74, 6) is 1.44. The van der Waals surface area contributed by atoms with Crippen molar-refractivity contribution in [3.63, 3.8) is 0 Å². The first kappa shape index (κ1) is 31.5. The van der Waals surface area contributed by atoms with E-state index in [9.17, 15) is 20.4 Å². The van der Waals surface area contributed by atoms with E-state index in [1.54, 1.807) is 11.6 Å². The van der Waals surface area contributed by atoms with Crippen LogP contribution in [0.3, 0.4) is 0 Å². The quantitative estimate of drug-likeness (QED) is 0.127. The molecule has 3 aromatic rings. The van der Waals surface area contributed by atoms with E-state index >= 15 is 0 Å². The molecular weight excluding hydrogens is 604 g/mol. The molecule has 3 aliphatic carbocycles. The maximum Gasteiger partial charge on any atom is 0.200 e. The molecule has 0 bridgehead atoms. The van der Waals surface area contributed by atoms with Gasteiger partial charge >= 0.3 is 0 Å². The molecule has 48 heavy (non-hydrogen) atoms. The summed E-state index contributed by atoms with van der Waals surface area (Å²) < 4.78 is 12.5. The zero-order valence-electron chi connectivity index (χ0n) is 27.6. The Hall–Kier alpha value is -3.72. The van der Waals surface area contributed by atoms with E-state index in [1.807, 2.05) is 24.5 Å². The number of hydrogen-bond donors (Lipinski definition) is 6. The summed E-state index contributed by atoms with van der Waals surface area (Å²) in [6, 6.07) is 10.2. The van der Waals surface area contributed by atoms with Crippen molar-refractivity contribution in [1.82, 2.24) is 10.3 Å². The zero-order chi connectivity index (χ0) is 32.9. The van der Waals surface area contributed by atoms with E-state index in [-0.39, 0.29) is 41.1 Å². The molecule has 9 atom stereocenters. The number of aromatic hydroxyl groups is 3. The average Bonchev–Trinajstić information content (AvgIpc) is 3.62. The lowest BCUT2D eigenvalue weighted by Crippen LogP contribution is -2.44. The van der Waals surface area contributed by atoms with Crippen LogP contribution in [0.2, 0.25) is 0 Å². The number of aliphatic hydroxyl groups excluding tert-OH is 1. The number of benzene rings is 2. The fourth-order valence-electron chi connectivity index (χ4n) is 9.70. The first-order valence-electron chi connectivity index (χ1n) is 17.9. The number of piperidine rings is 1. The summed E-state index contributed by atoms with van der Waals surface area (Å²) in [4.78, 5) is 3.08. The Kier molecular flexibility index (Phi) is 8.51.